The maximum atomic E-state index is 12.8. The maximum absolute atomic E-state index is 12.8. The molecular formula is C13H13FN2O. The number of hydrogen-bond acceptors (Lipinski definition) is 2. The lowest BCUT2D eigenvalue weighted by Crippen LogP contribution is -2.17. The van der Waals surface area contributed by atoms with Crippen molar-refractivity contribution < 1.29 is 9.18 Å². The van der Waals surface area contributed by atoms with Crippen molar-refractivity contribution in [3.8, 4) is 0 Å². The normalized spacial score (nSPS) is 12.4. The first-order chi connectivity index (χ1) is 8.09. The van der Waals surface area contributed by atoms with Crippen LogP contribution < -0.4 is 0 Å². The molecule has 0 radical (unpaired) electrons. The number of benzene rings is 1. The van der Waals surface area contributed by atoms with Crippen LogP contribution in [0.5, 0.6) is 0 Å². The fourth-order valence-corrected chi connectivity index (χ4v) is 1.78. The zero-order valence-corrected chi connectivity index (χ0v) is 9.72. The molecule has 0 aliphatic rings. The van der Waals surface area contributed by atoms with Crippen molar-refractivity contribution in [3.63, 3.8) is 0 Å². The second kappa shape index (κ2) is 4.49. The fraction of sp³-hybridized carbons (Fsp3) is 0.231. The van der Waals surface area contributed by atoms with Gasteiger partial charge in [-0.15, -0.1) is 0 Å². The number of ketones is 1. The van der Waals surface area contributed by atoms with Gasteiger partial charge < -0.3 is 4.57 Å². The van der Waals surface area contributed by atoms with E-state index in [0.717, 1.165) is 5.82 Å². The minimum absolute atomic E-state index is 0.0499. The van der Waals surface area contributed by atoms with Crippen LogP contribution in [0.2, 0.25) is 0 Å². The summed E-state index contributed by atoms with van der Waals surface area (Å²) in [5, 5.41) is 0. The number of aryl methyl sites for hydroxylation is 1. The average molecular weight is 232 g/mol. The van der Waals surface area contributed by atoms with E-state index in [0.29, 0.717) is 5.56 Å². The Kier molecular flexibility index (Phi) is 3.04. The zero-order valence-electron chi connectivity index (χ0n) is 9.72. The van der Waals surface area contributed by atoms with Gasteiger partial charge in [-0.2, -0.15) is 0 Å². The van der Waals surface area contributed by atoms with Gasteiger partial charge in [0.2, 0.25) is 0 Å². The molecule has 0 N–H and O–H groups in total. The highest BCUT2D eigenvalue weighted by atomic mass is 19.1. The molecular weight excluding hydrogens is 219 g/mol. The first-order valence-corrected chi connectivity index (χ1v) is 5.39. The highest BCUT2D eigenvalue weighted by molar-refractivity contribution is 5.98. The number of aromatic nitrogens is 2. The van der Waals surface area contributed by atoms with Crippen LogP contribution in [0.15, 0.2) is 36.7 Å². The molecule has 0 amide bonds. The Bertz CT molecular complexity index is 531. The van der Waals surface area contributed by atoms with E-state index in [2.05, 4.69) is 4.98 Å². The van der Waals surface area contributed by atoms with Gasteiger partial charge in [-0.05, 0) is 38.1 Å². The van der Waals surface area contributed by atoms with Crippen molar-refractivity contribution in [2.75, 3.05) is 0 Å². The summed E-state index contributed by atoms with van der Waals surface area (Å²) in [5.74, 6) is 0.395. The van der Waals surface area contributed by atoms with Crippen molar-refractivity contribution in [1.82, 2.24) is 9.55 Å². The highest BCUT2D eigenvalue weighted by Gasteiger charge is 2.17. The van der Waals surface area contributed by atoms with Gasteiger partial charge in [0.15, 0.2) is 5.78 Å². The molecule has 1 heterocycles. The summed E-state index contributed by atoms with van der Waals surface area (Å²) in [6.45, 7) is 3.65. The average Bonchev–Trinajstić information content (AvgIpc) is 2.74. The third-order valence-electron chi connectivity index (χ3n) is 2.79. The Morgan fingerprint density at radius 2 is 2.00 bits per heavy atom. The first-order valence-electron chi connectivity index (χ1n) is 5.39. The van der Waals surface area contributed by atoms with E-state index < -0.39 is 0 Å². The third-order valence-corrected chi connectivity index (χ3v) is 2.79. The van der Waals surface area contributed by atoms with Crippen molar-refractivity contribution >= 4 is 5.78 Å². The smallest absolute Gasteiger partial charge is 0.185 e. The maximum Gasteiger partial charge on any atom is 0.185 e. The first kappa shape index (κ1) is 11.5. The highest BCUT2D eigenvalue weighted by Crippen LogP contribution is 2.16. The summed E-state index contributed by atoms with van der Waals surface area (Å²) in [6, 6.07) is 5.26. The van der Waals surface area contributed by atoms with Crippen LogP contribution in [0.4, 0.5) is 4.39 Å². The fourth-order valence-electron chi connectivity index (χ4n) is 1.78. The molecule has 3 nitrogen and oxygen atoms in total. The Labute approximate surface area is 98.9 Å². The van der Waals surface area contributed by atoms with Crippen LogP contribution in [-0.4, -0.2) is 15.3 Å². The van der Waals surface area contributed by atoms with Crippen molar-refractivity contribution in [2.45, 2.75) is 19.9 Å². The van der Waals surface area contributed by atoms with E-state index in [-0.39, 0.29) is 17.6 Å². The van der Waals surface area contributed by atoms with Gasteiger partial charge >= 0.3 is 0 Å². The summed E-state index contributed by atoms with van der Waals surface area (Å²) in [7, 11) is 0. The van der Waals surface area contributed by atoms with E-state index in [1.165, 1.54) is 24.3 Å². The Morgan fingerprint density at radius 3 is 2.53 bits per heavy atom. The van der Waals surface area contributed by atoms with Crippen molar-refractivity contribution in [2.24, 2.45) is 0 Å². The molecule has 0 fully saturated rings. The number of carbonyl (C=O) groups excluding carboxylic acids is 1. The van der Waals surface area contributed by atoms with Crippen LogP contribution in [-0.2, 0) is 0 Å². The number of hydrogen-bond donors (Lipinski definition) is 0. The number of nitrogens with zero attached hydrogens (tertiary/aromatic N) is 2. The number of imidazole rings is 1. The Balaban J connectivity index is 2.26. The number of rotatable bonds is 3. The lowest BCUT2D eigenvalue weighted by Gasteiger charge is -2.13. The van der Waals surface area contributed by atoms with Gasteiger partial charge in [-0.3, -0.25) is 4.79 Å². The second-order valence-corrected chi connectivity index (χ2v) is 3.93. The molecule has 0 aliphatic carbocycles. The van der Waals surface area contributed by atoms with Crippen molar-refractivity contribution in [3.05, 3.63) is 53.9 Å². The standard InChI is InChI=1S/C13H13FN2O/c1-9(16-8-7-15-10(16)2)13(17)11-3-5-12(14)6-4-11/h3-9H,1-2H3. The largest absolute Gasteiger partial charge is 0.325 e. The van der Waals surface area contributed by atoms with E-state index >= 15 is 0 Å². The monoisotopic (exact) mass is 232 g/mol. The quantitative estimate of drug-likeness (QED) is 0.763. The van der Waals surface area contributed by atoms with Gasteiger partial charge in [-0.1, -0.05) is 0 Å². The summed E-state index contributed by atoms with van der Waals surface area (Å²) in [6.07, 6.45) is 3.42. The van der Waals surface area contributed by atoms with Gasteiger partial charge in [0, 0.05) is 18.0 Å². The molecule has 1 aromatic carbocycles. The second-order valence-electron chi connectivity index (χ2n) is 3.93. The van der Waals surface area contributed by atoms with Crippen LogP contribution in [0, 0.1) is 12.7 Å². The third kappa shape index (κ3) is 2.25. The van der Waals surface area contributed by atoms with E-state index in [1.54, 1.807) is 23.9 Å². The van der Waals surface area contributed by atoms with Gasteiger partial charge in [0.25, 0.3) is 0 Å². The van der Waals surface area contributed by atoms with E-state index in [4.69, 9.17) is 0 Å². The lowest BCUT2D eigenvalue weighted by molar-refractivity contribution is 0.0933. The molecule has 0 saturated carbocycles. The van der Waals surface area contributed by atoms with Crippen LogP contribution >= 0.6 is 0 Å². The van der Waals surface area contributed by atoms with Gasteiger partial charge in [0.1, 0.15) is 11.6 Å². The molecule has 1 unspecified atom stereocenters. The van der Waals surface area contributed by atoms with Crippen molar-refractivity contribution in [1.29, 1.82) is 0 Å². The summed E-state index contributed by atoms with van der Waals surface area (Å²) in [5.41, 5.74) is 0.506. The molecule has 1 atom stereocenters. The molecule has 0 saturated heterocycles. The number of carbonyl (C=O) groups is 1. The van der Waals surface area contributed by atoms with Crippen LogP contribution in [0.3, 0.4) is 0 Å². The number of Topliss-reactive ketones (excluding diaryl/α,β-unsaturated/α-hetero) is 1. The molecule has 2 rings (SSSR count). The minimum atomic E-state index is -0.340. The van der Waals surface area contributed by atoms with E-state index in [1.807, 2.05) is 6.92 Å². The van der Waals surface area contributed by atoms with Crippen LogP contribution in [0.1, 0.15) is 29.1 Å². The number of halogens is 1. The predicted molar refractivity (Wildman–Crippen MR) is 62.4 cm³/mol. The minimum Gasteiger partial charge on any atom is -0.325 e. The SMILES string of the molecule is Cc1nccn1C(C)C(=O)c1ccc(F)cc1. The Morgan fingerprint density at radius 1 is 1.35 bits per heavy atom. The molecule has 4 heteroatoms. The zero-order chi connectivity index (χ0) is 12.4. The van der Waals surface area contributed by atoms with E-state index in [9.17, 15) is 9.18 Å². The molecule has 0 aliphatic heterocycles. The molecule has 2 aromatic rings. The summed E-state index contributed by atoms with van der Waals surface area (Å²) >= 11 is 0. The lowest BCUT2D eigenvalue weighted by atomic mass is 10.1. The predicted octanol–water partition coefficient (Wildman–Crippen LogP) is 2.77. The summed E-state index contributed by atoms with van der Waals surface area (Å²) in [4.78, 5) is 16.2. The Hall–Kier alpha value is -1.97. The van der Waals surface area contributed by atoms with Crippen LogP contribution in [0.25, 0.3) is 0 Å². The van der Waals surface area contributed by atoms with Gasteiger partial charge in [-0.25, -0.2) is 9.37 Å². The molecule has 0 bridgehead atoms. The summed E-state index contributed by atoms with van der Waals surface area (Å²) < 4.78 is 14.6. The molecule has 1 aromatic heterocycles. The molecule has 17 heavy (non-hydrogen) atoms. The topological polar surface area (TPSA) is 34.9 Å². The van der Waals surface area contributed by atoms with Gasteiger partial charge in [0.05, 0.1) is 6.04 Å². The molecule has 0 spiro atoms. The molecule has 88 valence electrons.